The minimum Gasteiger partial charge on any atom is -0.508 e. The summed E-state index contributed by atoms with van der Waals surface area (Å²) in [7, 11) is 0. The highest BCUT2D eigenvalue weighted by Crippen LogP contribution is 2.23. The van der Waals surface area contributed by atoms with E-state index in [-0.39, 0.29) is 0 Å². The largest absolute Gasteiger partial charge is 0.508 e. The first-order chi connectivity index (χ1) is 8.56. The quantitative estimate of drug-likeness (QED) is 0.807. The van der Waals surface area contributed by atoms with E-state index in [0.717, 1.165) is 11.3 Å². The lowest BCUT2D eigenvalue weighted by Crippen LogP contribution is -2.42. The van der Waals surface area contributed by atoms with Crippen LogP contribution in [-0.4, -0.2) is 35.2 Å². The molecule has 0 spiro atoms. The van der Waals surface area contributed by atoms with Crippen LogP contribution in [-0.2, 0) is 0 Å². The minimum atomic E-state index is 0.340. The van der Waals surface area contributed by atoms with Crippen LogP contribution >= 0.6 is 0 Å². The smallest absolute Gasteiger partial charge is 0.115 e. The van der Waals surface area contributed by atoms with Crippen molar-refractivity contribution in [3.63, 3.8) is 0 Å². The van der Waals surface area contributed by atoms with Crippen LogP contribution < -0.4 is 5.32 Å². The highest BCUT2D eigenvalue weighted by molar-refractivity contribution is 5.53. The second-order valence-corrected chi connectivity index (χ2v) is 5.55. The number of hydrogen-bond donors (Lipinski definition) is 2. The van der Waals surface area contributed by atoms with E-state index in [0.29, 0.717) is 17.8 Å². The van der Waals surface area contributed by atoms with Crippen LogP contribution in [0.4, 0.5) is 5.69 Å². The Morgan fingerprint density at radius 1 is 1.28 bits per heavy atom. The number of piperidine rings is 1. The number of aryl methyl sites for hydroxylation is 1. The van der Waals surface area contributed by atoms with Crippen LogP contribution in [0.15, 0.2) is 18.2 Å². The normalized spacial score (nSPS) is 18.2. The Kier molecular flexibility index (Phi) is 4.12. The van der Waals surface area contributed by atoms with E-state index in [4.69, 9.17) is 0 Å². The van der Waals surface area contributed by atoms with Crippen molar-refractivity contribution in [2.45, 2.75) is 45.7 Å². The van der Waals surface area contributed by atoms with Crippen molar-refractivity contribution in [3.05, 3.63) is 23.8 Å². The van der Waals surface area contributed by atoms with Crippen molar-refractivity contribution in [3.8, 4) is 5.75 Å². The van der Waals surface area contributed by atoms with Crippen LogP contribution in [0.25, 0.3) is 0 Å². The summed E-state index contributed by atoms with van der Waals surface area (Å²) in [6.07, 6.45) is 2.39. The van der Waals surface area contributed by atoms with Crippen LogP contribution in [0.2, 0.25) is 0 Å². The van der Waals surface area contributed by atoms with Crippen LogP contribution in [0.1, 0.15) is 32.3 Å². The van der Waals surface area contributed by atoms with E-state index in [9.17, 15) is 5.11 Å². The number of benzene rings is 1. The lowest BCUT2D eigenvalue weighted by atomic mass is 10.0. The number of nitrogens with zero attached hydrogens (tertiary/aromatic N) is 1. The standard InChI is InChI=1S/C15H24N2O/c1-11(2)17-8-6-13(7-9-17)16-15-5-4-14(18)10-12(15)3/h4-5,10-11,13,16,18H,6-9H2,1-3H3. The number of anilines is 1. The number of phenolic OH excluding ortho intramolecular Hbond substituents is 1. The second kappa shape index (κ2) is 5.61. The first-order valence-corrected chi connectivity index (χ1v) is 6.86. The number of likely N-dealkylation sites (tertiary alicyclic amines) is 1. The van der Waals surface area contributed by atoms with E-state index >= 15 is 0 Å². The third-order valence-electron chi connectivity index (χ3n) is 3.83. The van der Waals surface area contributed by atoms with Crippen molar-refractivity contribution in [2.75, 3.05) is 18.4 Å². The lowest BCUT2D eigenvalue weighted by molar-refractivity contribution is 0.177. The second-order valence-electron chi connectivity index (χ2n) is 5.55. The summed E-state index contributed by atoms with van der Waals surface area (Å²) in [5.74, 6) is 0.340. The van der Waals surface area contributed by atoms with Gasteiger partial charge in [-0.3, -0.25) is 0 Å². The van der Waals surface area contributed by atoms with Gasteiger partial charge < -0.3 is 15.3 Å². The monoisotopic (exact) mass is 248 g/mol. The molecule has 0 amide bonds. The van der Waals surface area contributed by atoms with E-state index in [1.54, 1.807) is 6.07 Å². The third kappa shape index (κ3) is 3.16. The van der Waals surface area contributed by atoms with E-state index in [1.807, 2.05) is 19.1 Å². The number of nitrogens with one attached hydrogen (secondary N) is 1. The zero-order chi connectivity index (χ0) is 13.1. The molecule has 1 heterocycles. The molecular weight excluding hydrogens is 224 g/mol. The van der Waals surface area contributed by atoms with Crippen molar-refractivity contribution >= 4 is 5.69 Å². The van der Waals surface area contributed by atoms with Gasteiger partial charge in [0, 0.05) is 30.9 Å². The van der Waals surface area contributed by atoms with Crippen LogP contribution in [0.3, 0.4) is 0 Å². The van der Waals surface area contributed by atoms with Gasteiger partial charge in [-0.05, 0) is 57.4 Å². The SMILES string of the molecule is Cc1cc(O)ccc1NC1CCN(C(C)C)CC1. The molecule has 0 unspecified atom stereocenters. The third-order valence-corrected chi connectivity index (χ3v) is 3.83. The van der Waals surface area contributed by atoms with Crippen LogP contribution in [0, 0.1) is 6.92 Å². The number of aromatic hydroxyl groups is 1. The highest BCUT2D eigenvalue weighted by Gasteiger charge is 2.20. The Morgan fingerprint density at radius 2 is 1.94 bits per heavy atom. The molecule has 0 saturated carbocycles. The number of phenols is 1. The van der Waals surface area contributed by atoms with Gasteiger partial charge in [0.1, 0.15) is 5.75 Å². The van der Waals surface area contributed by atoms with Crippen molar-refractivity contribution in [1.29, 1.82) is 0 Å². The fourth-order valence-electron chi connectivity index (χ4n) is 2.59. The molecule has 2 rings (SSSR count). The van der Waals surface area contributed by atoms with Crippen molar-refractivity contribution < 1.29 is 5.11 Å². The summed E-state index contributed by atoms with van der Waals surface area (Å²) in [5, 5.41) is 13.0. The molecule has 18 heavy (non-hydrogen) atoms. The average molecular weight is 248 g/mol. The zero-order valence-electron chi connectivity index (χ0n) is 11.6. The zero-order valence-corrected chi connectivity index (χ0v) is 11.6. The topological polar surface area (TPSA) is 35.5 Å². The Labute approximate surface area is 110 Å². The fourth-order valence-corrected chi connectivity index (χ4v) is 2.59. The van der Waals surface area contributed by atoms with Gasteiger partial charge in [0.15, 0.2) is 0 Å². The Morgan fingerprint density at radius 3 is 2.50 bits per heavy atom. The molecule has 3 nitrogen and oxygen atoms in total. The summed E-state index contributed by atoms with van der Waals surface area (Å²) >= 11 is 0. The van der Waals surface area contributed by atoms with Gasteiger partial charge in [-0.15, -0.1) is 0 Å². The summed E-state index contributed by atoms with van der Waals surface area (Å²) in [6.45, 7) is 8.90. The van der Waals surface area contributed by atoms with Crippen molar-refractivity contribution in [2.24, 2.45) is 0 Å². The molecule has 1 aromatic rings. The van der Waals surface area contributed by atoms with Gasteiger partial charge in [-0.2, -0.15) is 0 Å². The van der Waals surface area contributed by atoms with Gasteiger partial charge in [-0.25, -0.2) is 0 Å². The van der Waals surface area contributed by atoms with E-state index in [1.165, 1.54) is 25.9 Å². The Balaban J connectivity index is 1.91. The maximum absolute atomic E-state index is 9.40. The van der Waals surface area contributed by atoms with E-state index in [2.05, 4.69) is 24.1 Å². The number of hydrogen-bond acceptors (Lipinski definition) is 3. The van der Waals surface area contributed by atoms with Gasteiger partial charge in [0.25, 0.3) is 0 Å². The Hall–Kier alpha value is -1.22. The first kappa shape index (κ1) is 13.2. The predicted octanol–water partition coefficient (Wildman–Crippen LogP) is 2.99. The predicted molar refractivity (Wildman–Crippen MR) is 76.2 cm³/mol. The molecule has 0 atom stereocenters. The molecule has 1 aromatic carbocycles. The molecule has 2 N–H and O–H groups in total. The molecule has 100 valence electrons. The summed E-state index contributed by atoms with van der Waals surface area (Å²) in [5.41, 5.74) is 2.26. The van der Waals surface area contributed by atoms with E-state index < -0.39 is 0 Å². The molecule has 0 aromatic heterocycles. The van der Waals surface area contributed by atoms with Gasteiger partial charge >= 0.3 is 0 Å². The maximum Gasteiger partial charge on any atom is 0.115 e. The van der Waals surface area contributed by atoms with Gasteiger partial charge in [0.05, 0.1) is 0 Å². The average Bonchev–Trinajstić information content (AvgIpc) is 2.33. The molecule has 0 bridgehead atoms. The minimum absolute atomic E-state index is 0.340. The van der Waals surface area contributed by atoms with Crippen LogP contribution in [0.5, 0.6) is 5.75 Å². The molecule has 1 aliphatic heterocycles. The Bertz CT molecular complexity index is 395. The summed E-state index contributed by atoms with van der Waals surface area (Å²) in [4.78, 5) is 2.53. The molecule has 1 fully saturated rings. The van der Waals surface area contributed by atoms with Crippen molar-refractivity contribution in [1.82, 2.24) is 4.90 Å². The maximum atomic E-state index is 9.40. The van der Waals surface area contributed by atoms with Gasteiger partial charge in [-0.1, -0.05) is 0 Å². The molecule has 3 heteroatoms. The highest BCUT2D eigenvalue weighted by atomic mass is 16.3. The van der Waals surface area contributed by atoms with Gasteiger partial charge in [0.2, 0.25) is 0 Å². The summed E-state index contributed by atoms with van der Waals surface area (Å²) in [6, 6.07) is 6.74. The molecule has 0 aliphatic carbocycles. The molecule has 0 radical (unpaired) electrons. The lowest BCUT2D eigenvalue weighted by Gasteiger charge is -2.35. The molecule has 1 saturated heterocycles. The molecular formula is C15H24N2O. The number of rotatable bonds is 3. The first-order valence-electron chi connectivity index (χ1n) is 6.86. The summed E-state index contributed by atoms with van der Waals surface area (Å²) < 4.78 is 0. The molecule has 1 aliphatic rings. The fraction of sp³-hybridized carbons (Fsp3) is 0.600.